The molecule has 1 aliphatic carbocycles. The maximum Gasteiger partial charge on any atom is 0.244 e. The third-order valence-electron chi connectivity index (χ3n) is 3.28. The number of carbonyl (C=O) groups is 3. The second kappa shape index (κ2) is 5.86. The fourth-order valence-corrected chi connectivity index (χ4v) is 2.03. The smallest absolute Gasteiger partial charge is 0.244 e. The molecule has 1 saturated carbocycles. The summed E-state index contributed by atoms with van der Waals surface area (Å²) in [6, 6.07) is 6.93. The topological polar surface area (TPSA) is 66.5 Å². The van der Waals surface area contributed by atoms with Crippen LogP contribution in [0.25, 0.3) is 0 Å². The van der Waals surface area contributed by atoms with Gasteiger partial charge in [0.1, 0.15) is 6.54 Å². The number of amides is 2. The largest absolute Gasteiger partial charge is 0.331 e. The van der Waals surface area contributed by atoms with E-state index in [4.69, 9.17) is 0 Å². The molecule has 5 heteroatoms. The van der Waals surface area contributed by atoms with Gasteiger partial charge in [0.05, 0.1) is 0 Å². The number of hydrogen-bond acceptors (Lipinski definition) is 3. The summed E-state index contributed by atoms with van der Waals surface area (Å²) in [4.78, 5) is 36.1. The second-order valence-electron chi connectivity index (χ2n) is 5.06. The molecule has 1 fully saturated rings. The van der Waals surface area contributed by atoms with E-state index in [1.54, 1.807) is 29.2 Å². The van der Waals surface area contributed by atoms with Gasteiger partial charge in [-0.2, -0.15) is 0 Å². The first kappa shape index (κ1) is 14.2. The van der Waals surface area contributed by atoms with Crippen LogP contribution in [0, 0.1) is 0 Å². The molecule has 0 spiro atoms. The summed E-state index contributed by atoms with van der Waals surface area (Å²) in [5.74, 6) is -0.309. The molecular formula is C15H18N2O3. The average Bonchev–Trinajstić information content (AvgIpc) is 3.20. The minimum absolute atomic E-state index is 0.0145. The Morgan fingerprint density at radius 2 is 1.75 bits per heavy atom. The predicted octanol–water partition coefficient (Wildman–Crippen LogP) is 1.84. The van der Waals surface area contributed by atoms with Gasteiger partial charge in [-0.1, -0.05) is 0 Å². The summed E-state index contributed by atoms with van der Waals surface area (Å²) in [5.41, 5.74) is 1.23. The monoisotopic (exact) mass is 274 g/mol. The van der Waals surface area contributed by atoms with Gasteiger partial charge in [-0.3, -0.25) is 14.4 Å². The molecule has 5 nitrogen and oxygen atoms in total. The third kappa shape index (κ3) is 3.66. The Morgan fingerprint density at radius 3 is 2.20 bits per heavy atom. The summed E-state index contributed by atoms with van der Waals surface area (Å²) < 4.78 is 0. The fraction of sp³-hybridized carbons (Fsp3) is 0.400. The first-order chi connectivity index (χ1) is 9.47. The van der Waals surface area contributed by atoms with Crippen LogP contribution in [-0.2, 0) is 9.59 Å². The van der Waals surface area contributed by atoms with E-state index < -0.39 is 0 Å². The van der Waals surface area contributed by atoms with E-state index in [0.717, 1.165) is 12.8 Å². The molecule has 0 bridgehead atoms. The van der Waals surface area contributed by atoms with Crippen molar-refractivity contribution in [3.63, 3.8) is 0 Å². The summed E-state index contributed by atoms with van der Waals surface area (Å²) in [6.45, 7) is 3.05. The maximum absolute atomic E-state index is 11.9. The number of hydrogen-bond donors (Lipinski definition) is 1. The summed E-state index contributed by atoms with van der Waals surface area (Å²) in [7, 11) is 0. The van der Waals surface area contributed by atoms with E-state index in [1.165, 1.54) is 13.8 Å². The SMILES string of the molecule is CC(=O)c1ccc(NC(=O)CN(C(C)=O)C2CC2)cc1. The van der Waals surface area contributed by atoms with Crippen molar-refractivity contribution in [1.29, 1.82) is 0 Å². The van der Waals surface area contributed by atoms with Gasteiger partial charge in [0, 0.05) is 24.2 Å². The molecule has 2 rings (SSSR count). The first-order valence-corrected chi connectivity index (χ1v) is 6.65. The highest BCUT2D eigenvalue weighted by molar-refractivity contribution is 5.96. The van der Waals surface area contributed by atoms with E-state index in [2.05, 4.69) is 5.32 Å². The highest BCUT2D eigenvalue weighted by atomic mass is 16.2. The normalized spacial score (nSPS) is 13.7. The zero-order valence-corrected chi connectivity index (χ0v) is 11.7. The minimum atomic E-state index is -0.220. The molecule has 0 heterocycles. The maximum atomic E-state index is 11.9. The van der Waals surface area contributed by atoms with Crippen molar-refractivity contribution in [2.75, 3.05) is 11.9 Å². The van der Waals surface area contributed by atoms with Crippen LogP contribution in [-0.4, -0.2) is 35.1 Å². The number of Topliss-reactive ketones (excluding diaryl/α,β-unsaturated/α-hetero) is 1. The van der Waals surface area contributed by atoms with Gasteiger partial charge in [0.2, 0.25) is 11.8 Å². The zero-order chi connectivity index (χ0) is 14.7. The highest BCUT2D eigenvalue weighted by Crippen LogP contribution is 2.26. The molecule has 1 aromatic carbocycles. The Morgan fingerprint density at radius 1 is 1.15 bits per heavy atom. The van der Waals surface area contributed by atoms with Crippen LogP contribution in [0.15, 0.2) is 24.3 Å². The Labute approximate surface area is 118 Å². The molecule has 1 N–H and O–H groups in total. The summed E-state index contributed by atoms with van der Waals surface area (Å²) in [5, 5.41) is 2.73. The van der Waals surface area contributed by atoms with Crippen LogP contribution in [0.1, 0.15) is 37.0 Å². The quantitative estimate of drug-likeness (QED) is 0.833. The van der Waals surface area contributed by atoms with Gasteiger partial charge in [0.25, 0.3) is 0 Å². The Balaban J connectivity index is 1.93. The standard InChI is InChI=1S/C15H18N2O3/c1-10(18)12-3-5-13(6-4-12)16-15(20)9-17(11(2)19)14-7-8-14/h3-6,14H,7-9H2,1-2H3,(H,16,20). The van der Waals surface area contributed by atoms with Crippen LogP contribution in [0.4, 0.5) is 5.69 Å². The van der Waals surface area contributed by atoms with Crippen molar-refractivity contribution in [3.8, 4) is 0 Å². The molecule has 0 aromatic heterocycles. The Kier molecular flexibility index (Phi) is 4.17. The van der Waals surface area contributed by atoms with Crippen molar-refractivity contribution in [2.45, 2.75) is 32.7 Å². The van der Waals surface area contributed by atoms with Crippen molar-refractivity contribution >= 4 is 23.3 Å². The fourth-order valence-electron chi connectivity index (χ4n) is 2.03. The van der Waals surface area contributed by atoms with Crippen molar-refractivity contribution in [3.05, 3.63) is 29.8 Å². The number of nitrogens with one attached hydrogen (secondary N) is 1. The molecule has 20 heavy (non-hydrogen) atoms. The molecule has 0 radical (unpaired) electrons. The average molecular weight is 274 g/mol. The number of anilines is 1. The molecule has 0 unspecified atom stereocenters. The van der Waals surface area contributed by atoms with Gasteiger partial charge in [-0.05, 0) is 44.0 Å². The number of ketones is 1. The zero-order valence-electron chi connectivity index (χ0n) is 11.7. The van der Waals surface area contributed by atoms with Crippen molar-refractivity contribution in [1.82, 2.24) is 4.90 Å². The lowest BCUT2D eigenvalue weighted by Gasteiger charge is -2.19. The number of carbonyl (C=O) groups excluding carboxylic acids is 3. The van der Waals surface area contributed by atoms with Crippen molar-refractivity contribution in [2.24, 2.45) is 0 Å². The van der Waals surface area contributed by atoms with Crippen LogP contribution in [0.3, 0.4) is 0 Å². The van der Waals surface area contributed by atoms with Crippen LogP contribution >= 0.6 is 0 Å². The molecule has 0 saturated heterocycles. The Bertz CT molecular complexity index is 533. The van der Waals surface area contributed by atoms with Gasteiger partial charge < -0.3 is 10.2 Å². The van der Waals surface area contributed by atoms with Gasteiger partial charge in [-0.25, -0.2) is 0 Å². The molecule has 1 aromatic rings. The molecule has 0 atom stereocenters. The lowest BCUT2D eigenvalue weighted by atomic mass is 10.1. The molecule has 2 amide bonds. The lowest BCUT2D eigenvalue weighted by Crippen LogP contribution is -2.38. The van der Waals surface area contributed by atoms with E-state index in [-0.39, 0.29) is 30.2 Å². The van der Waals surface area contributed by atoms with Gasteiger partial charge >= 0.3 is 0 Å². The van der Waals surface area contributed by atoms with E-state index in [9.17, 15) is 14.4 Å². The number of benzene rings is 1. The van der Waals surface area contributed by atoms with Crippen LogP contribution in [0.5, 0.6) is 0 Å². The van der Waals surface area contributed by atoms with Gasteiger partial charge in [0.15, 0.2) is 5.78 Å². The summed E-state index contributed by atoms with van der Waals surface area (Å²) >= 11 is 0. The molecule has 0 aliphatic heterocycles. The lowest BCUT2D eigenvalue weighted by molar-refractivity contribution is -0.133. The third-order valence-corrected chi connectivity index (χ3v) is 3.28. The number of nitrogens with zero attached hydrogens (tertiary/aromatic N) is 1. The first-order valence-electron chi connectivity index (χ1n) is 6.65. The molecular weight excluding hydrogens is 256 g/mol. The second-order valence-corrected chi connectivity index (χ2v) is 5.06. The number of rotatable bonds is 5. The van der Waals surface area contributed by atoms with Gasteiger partial charge in [-0.15, -0.1) is 0 Å². The van der Waals surface area contributed by atoms with Crippen molar-refractivity contribution < 1.29 is 14.4 Å². The molecule has 1 aliphatic rings. The van der Waals surface area contributed by atoms with E-state index in [1.807, 2.05) is 0 Å². The van der Waals surface area contributed by atoms with Crippen LogP contribution < -0.4 is 5.32 Å². The summed E-state index contributed by atoms with van der Waals surface area (Å²) in [6.07, 6.45) is 1.94. The Hall–Kier alpha value is -2.17. The van der Waals surface area contributed by atoms with E-state index in [0.29, 0.717) is 11.3 Å². The molecule has 106 valence electrons. The van der Waals surface area contributed by atoms with E-state index >= 15 is 0 Å². The minimum Gasteiger partial charge on any atom is -0.331 e. The predicted molar refractivity (Wildman–Crippen MR) is 75.5 cm³/mol. The van der Waals surface area contributed by atoms with Crippen LogP contribution in [0.2, 0.25) is 0 Å². The highest BCUT2D eigenvalue weighted by Gasteiger charge is 2.31.